The van der Waals surface area contributed by atoms with Crippen molar-refractivity contribution in [3.63, 3.8) is 0 Å². The summed E-state index contributed by atoms with van der Waals surface area (Å²) < 4.78 is 5.67. The van der Waals surface area contributed by atoms with Crippen LogP contribution in [0.4, 0.5) is 0 Å². The number of hydrogen-bond acceptors (Lipinski definition) is 3. The first kappa shape index (κ1) is 11.0. The molecule has 1 saturated carbocycles. The predicted molar refractivity (Wildman–Crippen MR) is 54.2 cm³/mol. The molecule has 0 spiro atoms. The Labute approximate surface area is 81.0 Å². The van der Waals surface area contributed by atoms with E-state index in [1.165, 1.54) is 12.8 Å². The average Bonchev–Trinajstić information content (AvgIpc) is 2.82. The smallest absolute Gasteiger partial charge is 0.0792 e. The standard InChI is InChI=1S/C10H22N2O/c1-4-13-10(2,3)9(12-11)7-8-5-6-8/h8-9,12H,4-7,11H2,1-3H3. The summed E-state index contributed by atoms with van der Waals surface area (Å²) in [5.74, 6) is 6.41. The zero-order valence-corrected chi connectivity index (χ0v) is 8.97. The lowest BCUT2D eigenvalue weighted by Crippen LogP contribution is -2.51. The summed E-state index contributed by atoms with van der Waals surface area (Å²) in [6, 6.07) is 0.278. The summed E-state index contributed by atoms with van der Waals surface area (Å²) in [6.07, 6.45) is 3.87. The molecule has 1 unspecified atom stereocenters. The number of hydrazine groups is 1. The molecule has 1 fully saturated rings. The normalized spacial score (nSPS) is 20.3. The molecule has 3 N–H and O–H groups in total. The Kier molecular flexibility index (Phi) is 3.71. The fourth-order valence-corrected chi connectivity index (χ4v) is 1.71. The van der Waals surface area contributed by atoms with Crippen molar-refractivity contribution in [1.29, 1.82) is 0 Å². The quantitative estimate of drug-likeness (QED) is 0.487. The molecule has 0 saturated heterocycles. The third-order valence-corrected chi connectivity index (χ3v) is 2.82. The Hall–Kier alpha value is -0.120. The second-order valence-corrected chi connectivity index (χ2v) is 4.43. The first-order chi connectivity index (χ1) is 6.10. The van der Waals surface area contributed by atoms with Crippen molar-refractivity contribution in [3.8, 4) is 0 Å². The maximum atomic E-state index is 5.67. The van der Waals surface area contributed by atoms with Crippen molar-refractivity contribution in [2.24, 2.45) is 11.8 Å². The summed E-state index contributed by atoms with van der Waals surface area (Å²) in [7, 11) is 0. The zero-order valence-electron chi connectivity index (χ0n) is 8.97. The molecule has 0 heterocycles. The molecule has 1 aliphatic carbocycles. The number of ether oxygens (including phenoxy) is 1. The van der Waals surface area contributed by atoms with Crippen LogP contribution in [0.5, 0.6) is 0 Å². The van der Waals surface area contributed by atoms with Gasteiger partial charge in [-0.3, -0.25) is 11.3 Å². The van der Waals surface area contributed by atoms with Gasteiger partial charge in [0.1, 0.15) is 0 Å². The van der Waals surface area contributed by atoms with Crippen LogP contribution in [0.15, 0.2) is 0 Å². The van der Waals surface area contributed by atoms with E-state index in [1.54, 1.807) is 0 Å². The highest BCUT2D eigenvalue weighted by atomic mass is 16.5. The van der Waals surface area contributed by atoms with Crippen LogP contribution < -0.4 is 11.3 Å². The fraction of sp³-hybridized carbons (Fsp3) is 1.00. The Morgan fingerprint density at radius 3 is 2.54 bits per heavy atom. The predicted octanol–water partition coefficient (Wildman–Crippen LogP) is 1.43. The lowest BCUT2D eigenvalue weighted by Gasteiger charge is -2.33. The van der Waals surface area contributed by atoms with Gasteiger partial charge in [-0.15, -0.1) is 0 Å². The largest absolute Gasteiger partial charge is 0.374 e. The molecule has 78 valence electrons. The average molecular weight is 186 g/mol. The van der Waals surface area contributed by atoms with Gasteiger partial charge in [-0.2, -0.15) is 0 Å². The van der Waals surface area contributed by atoms with Crippen LogP contribution in [0.3, 0.4) is 0 Å². The lowest BCUT2D eigenvalue weighted by molar-refractivity contribution is -0.0414. The molecule has 0 aliphatic heterocycles. The van der Waals surface area contributed by atoms with Gasteiger partial charge in [0, 0.05) is 12.6 Å². The van der Waals surface area contributed by atoms with Gasteiger partial charge in [0.15, 0.2) is 0 Å². The Morgan fingerprint density at radius 2 is 2.15 bits per heavy atom. The monoisotopic (exact) mass is 186 g/mol. The van der Waals surface area contributed by atoms with Crippen LogP contribution in [-0.2, 0) is 4.74 Å². The molecule has 3 heteroatoms. The number of nitrogens with one attached hydrogen (secondary N) is 1. The summed E-state index contributed by atoms with van der Waals surface area (Å²) in [4.78, 5) is 0. The molecule has 3 nitrogen and oxygen atoms in total. The van der Waals surface area contributed by atoms with Crippen molar-refractivity contribution in [2.75, 3.05) is 6.61 Å². The van der Waals surface area contributed by atoms with E-state index in [-0.39, 0.29) is 11.6 Å². The topological polar surface area (TPSA) is 47.3 Å². The van der Waals surface area contributed by atoms with Crippen LogP contribution in [0.1, 0.15) is 40.0 Å². The van der Waals surface area contributed by atoms with E-state index in [2.05, 4.69) is 19.3 Å². The highest BCUT2D eigenvalue weighted by molar-refractivity contribution is 4.89. The molecule has 1 aliphatic rings. The minimum absolute atomic E-state index is 0.147. The highest BCUT2D eigenvalue weighted by Gasteiger charge is 2.34. The van der Waals surface area contributed by atoms with Crippen LogP contribution in [0.25, 0.3) is 0 Å². The van der Waals surface area contributed by atoms with Gasteiger partial charge in [0.2, 0.25) is 0 Å². The third kappa shape index (κ3) is 3.25. The van der Waals surface area contributed by atoms with E-state index in [0.717, 1.165) is 18.9 Å². The van der Waals surface area contributed by atoms with Crippen LogP contribution >= 0.6 is 0 Å². The van der Waals surface area contributed by atoms with Crippen molar-refractivity contribution >= 4 is 0 Å². The Bertz CT molecular complexity index is 155. The second-order valence-electron chi connectivity index (χ2n) is 4.43. The second kappa shape index (κ2) is 4.40. The van der Waals surface area contributed by atoms with Gasteiger partial charge in [0.25, 0.3) is 0 Å². The van der Waals surface area contributed by atoms with Crippen molar-refractivity contribution in [1.82, 2.24) is 5.43 Å². The van der Waals surface area contributed by atoms with Crippen LogP contribution in [0, 0.1) is 5.92 Å². The molecule has 1 atom stereocenters. The maximum Gasteiger partial charge on any atom is 0.0792 e. The molecular formula is C10H22N2O. The van der Waals surface area contributed by atoms with E-state index in [9.17, 15) is 0 Å². The highest BCUT2D eigenvalue weighted by Crippen LogP contribution is 2.36. The third-order valence-electron chi connectivity index (χ3n) is 2.82. The number of hydrogen-bond donors (Lipinski definition) is 2. The van der Waals surface area contributed by atoms with Crippen molar-refractivity contribution in [3.05, 3.63) is 0 Å². The first-order valence-electron chi connectivity index (χ1n) is 5.20. The van der Waals surface area contributed by atoms with E-state index in [4.69, 9.17) is 10.6 Å². The van der Waals surface area contributed by atoms with E-state index < -0.39 is 0 Å². The molecule has 0 bridgehead atoms. The first-order valence-corrected chi connectivity index (χ1v) is 5.20. The molecule has 1 rings (SSSR count). The summed E-state index contributed by atoms with van der Waals surface area (Å²) in [6.45, 7) is 6.97. The Morgan fingerprint density at radius 1 is 1.54 bits per heavy atom. The minimum Gasteiger partial charge on any atom is -0.374 e. The zero-order chi connectivity index (χ0) is 9.90. The Balaban J connectivity index is 2.41. The van der Waals surface area contributed by atoms with E-state index in [1.807, 2.05) is 6.92 Å². The van der Waals surface area contributed by atoms with Crippen LogP contribution in [0.2, 0.25) is 0 Å². The molecule has 0 aromatic heterocycles. The fourth-order valence-electron chi connectivity index (χ4n) is 1.71. The summed E-state index contributed by atoms with van der Waals surface area (Å²) >= 11 is 0. The van der Waals surface area contributed by atoms with E-state index in [0.29, 0.717) is 0 Å². The van der Waals surface area contributed by atoms with Gasteiger partial charge in [0.05, 0.1) is 5.60 Å². The lowest BCUT2D eigenvalue weighted by atomic mass is 9.94. The van der Waals surface area contributed by atoms with Gasteiger partial charge in [-0.05, 0) is 33.1 Å². The van der Waals surface area contributed by atoms with Gasteiger partial charge in [-0.1, -0.05) is 12.8 Å². The van der Waals surface area contributed by atoms with Gasteiger partial charge in [-0.25, -0.2) is 0 Å². The van der Waals surface area contributed by atoms with Gasteiger partial charge < -0.3 is 4.74 Å². The number of rotatable bonds is 6. The molecular weight excluding hydrogens is 164 g/mol. The van der Waals surface area contributed by atoms with Crippen molar-refractivity contribution in [2.45, 2.75) is 51.7 Å². The van der Waals surface area contributed by atoms with Crippen molar-refractivity contribution < 1.29 is 4.74 Å². The summed E-state index contributed by atoms with van der Waals surface area (Å²) in [5.41, 5.74) is 2.73. The molecule has 0 radical (unpaired) electrons. The van der Waals surface area contributed by atoms with Crippen LogP contribution in [-0.4, -0.2) is 18.2 Å². The number of nitrogens with two attached hydrogens (primary N) is 1. The summed E-state index contributed by atoms with van der Waals surface area (Å²) in [5, 5.41) is 0. The molecule has 13 heavy (non-hydrogen) atoms. The molecule has 0 aromatic carbocycles. The molecule has 0 amide bonds. The SMILES string of the molecule is CCOC(C)(C)C(CC1CC1)NN. The minimum atomic E-state index is -0.147. The maximum absolute atomic E-state index is 5.67. The van der Waals surface area contributed by atoms with E-state index >= 15 is 0 Å². The van der Waals surface area contributed by atoms with Gasteiger partial charge >= 0.3 is 0 Å². The molecule has 0 aromatic rings.